The van der Waals surface area contributed by atoms with Gasteiger partial charge >= 0.3 is 0 Å². The number of halogens is 1. The summed E-state index contributed by atoms with van der Waals surface area (Å²) in [6.45, 7) is 8.78. The third kappa shape index (κ3) is 2.59. The molecule has 0 N–H and O–H groups in total. The predicted octanol–water partition coefficient (Wildman–Crippen LogP) is 3.22. The maximum atomic E-state index is 5.91. The number of hydrogen-bond acceptors (Lipinski definition) is 4. The molecule has 0 spiro atoms. The van der Waals surface area contributed by atoms with Crippen molar-refractivity contribution >= 4 is 22.8 Å². The van der Waals surface area contributed by atoms with Crippen LogP contribution in [0.15, 0.2) is 6.33 Å². The molecule has 20 heavy (non-hydrogen) atoms. The Bertz CT molecular complexity index is 603. The van der Waals surface area contributed by atoms with Gasteiger partial charge in [0.2, 0.25) is 5.88 Å². The Morgan fingerprint density at radius 2 is 2.05 bits per heavy atom. The average Bonchev–Trinajstić information content (AvgIpc) is 2.74. The third-order valence-electron chi connectivity index (χ3n) is 3.67. The second-order valence-corrected chi connectivity index (χ2v) is 6.31. The number of ether oxygens (including phenoxy) is 1. The van der Waals surface area contributed by atoms with E-state index in [1.165, 1.54) is 6.33 Å². The van der Waals surface area contributed by atoms with Crippen LogP contribution in [-0.2, 0) is 6.42 Å². The summed E-state index contributed by atoms with van der Waals surface area (Å²) in [4.78, 5) is 13.1. The summed E-state index contributed by atoms with van der Waals surface area (Å²) in [6.07, 6.45) is 2.21. The summed E-state index contributed by atoms with van der Waals surface area (Å²) < 4.78 is 7.43. The molecule has 0 fully saturated rings. The second kappa shape index (κ2) is 5.56. The van der Waals surface area contributed by atoms with Gasteiger partial charge in [-0.15, -0.1) is 11.6 Å². The van der Waals surface area contributed by atoms with E-state index in [4.69, 9.17) is 16.3 Å². The van der Waals surface area contributed by atoms with E-state index in [0.717, 1.165) is 11.5 Å². The van der Waals surface area contributed by atoms with Crippen molar-refractivity contribution in [3.63, 3.8) is 0 Å². The van der Waals surface area contributed by atoms with Crippen LogP contribution in [0.5, 0.6) is 5.88 Å². The van der Waals surface area contributed by atoms with Gasteiger partial charge in [-0.05, 0) is 12.3 Å². The molecule has 0 aliphatic rings. The summed E-state index contributed by atoms with van der Waals surface area (Å²) >= 11 is 5.91. The molecule has 2 aromatic rings. The Hall–Kier alpha value is -1.36. The number of aromatic nitrogens is 4. The molecule has 0 aliphatic heterocycles. The molecule has 0 radical (unpaired) electrons. The van der Waals surface area contributed by atoms with E-state index < -0.39 is 0 Å². The number of hydrogen-bond donors (Lipinski definition) is 0. The van der Waals surface area contributed by atoms with Gasteiger partial charge in [-0.25, -0.2) is 9.97 Å². The van der Waals surface area contributed by atoms with Crippen LogP contribution in [0.3, 0.4) is 0 Å². The quantitative estimate of drug-likeness (QED) is 0.813. The minimum atomic E-state index is 0.0902. The lowest BCUT2D eigenvalue weighted by Gasteiger charge is -2.30. The minimum Gasteiger partial charge on any atom is -0.479 e. The summed E-state index contributed by atoms with van der Waals surface area (Å²) in [7, 11) is 1.59. The van der Waals surface area contributed by atoms with E-state index in [2.05, 4.69) is 47.2 Å². The van der Waals surface area contributed by atoms with E-state index in [0.29, 0.717) is 23.7 Å². The molecule has 110 valence electrons. The minimum absolute atomic E-state index is 0.0902. The van der Waals surface area contributed by atoms with Gasteiger partial charge in [0.1, 0.15) is 12.2 Å². The third-order valence-corrected chi connectivity index (χ3v) is 3.86. The zero-order chi connectivity index (χ0) is 14.9. The molecule has 1 unspecified atom stereocenters. The molecule has 0 aromatic carbocycles. The lowest BCUT2D eigenvalue weighted by molar-refractivity contribution is 0.262. The molecular formula is C14H21ClN4O. The van der Waals surface area contributed by atoms with Crippen molar-refractivity contribution in [2.75, 3.05) is 13.0 Å². The van der Waals surface area contributed by atoms with Gasteiger partial charge in [0, 0.05) is 18.3 Å². The highest BCUT2D eigenvalue weighted by molar-refractivity contribution is 6.17. The maximum absolute atomic E-state index is 5.91. The molecule has 2 aromatic heterocycles. The molecule has 2 heterocycles. The van der Waals surface area contributed by atoms with Crippen LogP contribution < -0.4 is 4.74 Å². The van der Waals surface area contributed by atoms with Gasteiger partial charge < -0.3 is 9.30 Å². The number of fused-ring (bicyclic) bond motifs is 1. The molecule has 2 rings (SSSR count). The van der Waals surface area contributed by atoms with Crippen molar-refractivity contribution in [2.45, 2.75) is 40.2 Å². The maximum Gasteiger partial charge on any atom is 0.245 e. The molecule has 6 heteroatoms. The summed E-state index contributed by atoms with van der Waals surface area (Å²) in [6, 6.07) is 0.241. The van der Waals surface area contributed by atoms with E-state index in [1.54, 1.807) is 7.11 Å². The second-order valence-electron chi connectivity index (χ2n) is 5.93. The first-order chi connectivity index (χ1) is 9.40. The fourth-order valence-electron chi connectivity index (χ4n) is 2.14. The highest BCUT2D eigenvalue weighted by Crippen LogP contribution is 2.34. The normalized spacial score (nSPS) is 13.7. The molecule has 0 saturated heterocycles. The summed E-state index contributed by atoms with van der Waals surface area (Å²) in [5.74, 6) is 1.96. The van der Waals surface area contributed by atoms with Crippen molar-refractivity contribution < 1.29 is 4.74 Å². The van der Waals surface area contributed by atoms with Gasteiger partial charge in [0.25, 0.3) is 0 Å². The lowest BCUT2D eigenvalue weighted by Crippen LogP contribution is -2.23. The molecule has 5 nitrogen and oxygen atoms in total. The Morgan fingerprint density at radius 3 is 2.60 bits per heavy atom. The predicted molar refractivity (Wildman–Crippen MR) is 80.5 cm³/mol. The highest BCUT2D eigenvalue weighted by atomic mass is 35.5. The van der Waals surface area contributed by atoms with Gasteiger partial charge in [0.05, 0.1) is 7.11 Å². The van der Waals surface area contributed by atoms with E-state index in [1.807, 2.05) is 0 Å². The highest BCUT2D eigenvalue weighted by Gasteiger charge is 2.27. The van der Waals surface area contributed by atoms with Crippen molar-refractivity contribution in [3.8, 4) is 5.88 Å². The zero-order valence-corrected chi connectivity index (χ0v) is 13.4. The summed E-state index contributed by atoms with van der Waals surface area (Å²) in [5.41, 5.74) is 1.60. The number of nitrogens with zero attached hydrogens (tertiary/aromatic N) is 4. The van der Waals surface area contributed by atoms with Crippen LogP contribution in [0, 0.1) is 5.41 Å². The SMILES string of the molecule is COc1ncnc2c1nc(CCCl)n2C(C)C(C)(C)C. The van der Waals surface area contributed by atoms with Crippen molar-refractivity contribution in [1.82, 2.24) is 19.5 Å². The van der Waals surface area contributed by atoms with Crippen molar-refractivity contribution in [2.24, 2.45) is 5.41 Å². The zero-order valence-electron chi connectivity index (χ0n) is 12.6. The molecule has 0 bridgehead atoms. The molecular weight excluding hydrogens is 276 g/mol. The number of imidazole rings is 1. The summed E-state index contributed by atoms with van der Waals surface area (Å²) in [5, 5.41) is 0. The number of rotatable bonds is 4. The van der Waals surface area contributed by atoms with E-state index in [-0.39, 0.29) is 11.5 Å². The first kappa shape index (κ1) is 15.0. The fraction of sp³-hybridized carbons (Fsp3) is 0.643. The number of aryl methyl sites for hydroxylation is 1. The molecule has 0 amide bonds. The Kier molecular flexibility index (Phi) is 4.18. The average molecular weight is 297 g/mol. The standard InChI is InChI=1S/C14H21ClN4O/c1-9(14(2,3)4)19-10(6-7-15)18-11-12(19)16-8-17-13(11)20-5/h8-9H,6-7H2,1-5H3. The lowest BCUT2D eigenvalue weighted by atomic mass is 9.87. The Labute approximate surface area is 124 Å². The molecule has 0 saturated carbocycles. The monoisotopic (exact) mass is 296 g/mol. The molecule has 0 aliphatic carbocycles. The molecule has 1 atom stereocenters. The Morgan fingerprint density at radius 1 is 1.35 bits per heavy atom. The largest absolute Gasteiger partial charge is 0.479 e. The van der Waals surface area contributed by atoms with Gasteiger partial charge in [-0.1, -0.05) is 20.8 Å². The number of methoxy groups -OCH3 is 1. The Balaban J connectivity index is 2.69. The van der Waals surface area contributed by atoms with Crippen LogP contribution >= 0.6 is 11.6 Å². The smallest absolute Gasteiger partial charge is 0.245 e. The number of alkyl halides is 1. The first-order valence-electron chi connectivity index (χ1n) is 6.72. The van der Waals surface area contributed by atoms with Gasteiger partial charge in [-0.2, -0.15) is 4.98 Å². The van der Waals surface area contributed by atoms with Crippen LogP contribution in [0.1, 0.15) is 39.6 Å². The van der Waals surface area contributed by atoms with Gasteiger partial charge in [0.15, 0.2) is 11.2 Å². The van der Waals surface area contributed by atoms with Crippen LogP contribution in [0.25, 0.3) is 11.2 Å². The van der Waals surface area contributed by atoms with Crippen LogP contribution in [-0.4, -0.2) is 32.5 Å². The van der Waals surface area contributed by atoms with E-state index in [9.17, 15) is 0 Å². The fourth-order valence-corrected chi connectivity index (χ4v) is 2.31. The van der Waals surface area contributed by atoms with Gasteiger partial charge in [-0.3, -0.25) is 0 Å². The first-order valence-corrected chi connectivity index (χ1v) is 7.25. The van der Waals surface area contributed by atoms with E-state index >= 15 is 0 Å². The van der Waals surface area contributed by atoms with Crippen LogP contribution in [0.4, 0.5) is 0 Å². The van der Waals surface area contributed by atoms with Crippen molar-refractivity contribution in [1.29, 1.82) is 0 Å². The van der Waals surface area contributed by atoms with Crippen molar-refractivity contribution in [3.05, 3.63) is 12.2 Å². The topological polar surface area (TPSA) is 52.8 Å². The van der Waals surface area contributed by atoms with Crippen LogP contribution in [0.2, 0.25) is 0 Å².